The lowest BCUT2D eigenvalue weighted by molar-refractivity contribution is 0.404. The number of benzene rings is 1. The second-order valence-corrected chi connectivity index (χ2v) is 4.03. The molecule has 2 aromatic heterocycles. The zero-order chi connectivity index (χ0) is 13.4. The number of nitrogens with zero attached hydrogens (tertiary/aromatic N) is 1. The number of rotatable bonds is 1. The highest BCUT2D eigenvalue weighted by Gasteiger charge is 2.09. The van der Waals surface area contributed by atoms with Crippen LogP contribution in [0, 0.1) is 0 Å². The zero-order valence-electron chi connectivity index (χ0n) is 9.70. The topological polar surface area (TPSA) is 83.6 Å². The molecule has 94 valence electrons. The van der Waals surface area contributed by atoms with Crippen LogP contribution >= 0.6 is 0 Å². The lowest BCUT2D eigenvalue weighted by Crippen LogP contribution is -2.00. The van der Waals surface area contributed by atoms with Crippen LogP contribution in [0.2, 0.25) is 0 Å². The molecular weight excluding hydrogens is 246 g/mol. The number of phenols is 2. The Morgan fingerprint density at radius 2 is 1.89 bits per heavy atom. The highest BCUT2D eigenvalue weighted by molar-refractivity contribution is 5.75. The van der Waals surface area contributed by atoms with Crippen LogP contribution < -0.4 is 5.43 Å². The highest BCUT2D eigenvalue weighted by atomic mass is 16.3. The van der Waals surface area contributed by atoms with Crippen LogP contribution in [0.4, 0.5) is 0 Å². The van der Waals surface area contributed by atoms with Crippen LogP contribution in [-0.2, 0) is 0 Å². The molecule has 2 N–H and O–H groups in total. The summed E-state index contributed by atoms with van der Waals surface area (Å²) in [4.78, 5) is 15.9. The third-order valence-electron chi connectivity index (χ3n) is 2.77. The van der Waals surface area contributed by atoms with Crippen LogP contribution in [0.25, 0.3) is 22.4 Å². The van der Waals surface area contributed by atoms with Gasteiger partial charge in [0.1, 0.15) is 5.76 Å². The van der Waals surface area contributed by atoms with Gasteiger partial charge in [-0.25, -0.2) is 4.98 Å². The summed E-state index contributed by atoms with van der Waals surface area (Å²) in [5.41, 5.74) is 0.509. The molecule has 0 radical (unpaired) electrons. The van der Waals surface area contributed by atoms with Crippen LogP contribution in [0.5, 0.6) is 11.5 Å². The Labute approximate surface area is 107 Å². The van der Waals surface area contributed by atoms with Gasteiger partial charge in [-0.3, -0.25) is 4.79 Å². The third-order valence-corrected chi connectivity index (χ3v) is 2.77. The van der Waals surface area contributed by atoms with Crippen molar-refractivity contribution in [1.29, 1.82) is 0 Å². The highest BCUT2D eigenvalue weighted by Crippen LogP contribution is 2.30. The van der Waals surface area contributed by atoms with Gasteiger partial charge < -0.3 is 14.6 Å². The fourth-order valence-corrected chi connectivity index (χ4v) is 1.81. The van der Waals surface area contributed by atoms with Crippen LogP contribution in [0.15, 0.2) is 51.8 Å². The number of aromatic nitrogens is 1. The Morgan fingerprint density at radius 1 is 1.05 bits per heavy atom. The van der Waals surface area contributed by atoms with Crippen molar-refractivity contribution in [2.24, 2.45) is 0 Å². The minimum absolute atomic E-state index is 0.211. The molecule has 0 bridgehead atoms. The SMILES string of the molecule is O=c1cc(-c2ccc(O)c(O)c2)oc2ncccc12. The van der Waals surface area contributed by atoms with Crippen molar-refractivity contribution >= 4 is 11.1 Å². The summed E-state index contributed by atoms with van der Waals surface area (Å²) in [6.07, 6.45) is 1.53. The van der Waals surface area contributed by atoms with Crippen LogP contribution in [0.1, 0.15) is 0 Å². The van der Waals surface area contributed by atoms with Gasteiger partial charge in [0.15, 0.2) is 16.9 Å². The molecule has 5 heteroatoms. The van der Waals surface area contributed by atoms with Gasteiger partial charge in [0.2, 0.25) is 5.71 Å². The Bertz CT molecular complexity index is 823. The predicted molar refractivity (Wildman–Crippen MR) is 69.0 cm³/mol. The van der Waals surface area contributed by atoms with Gasteiger partial charge in [-0.1, -0.05) is 0 Å². The summed E-state index contributed by atoms with van der Waals surface area (Å²) in [5, 5.41) is 19.1. The van der Waals surface area contributed by atoms with Crippen molar-refractivity contribution in [3.63, 3.8) is 0 Å². The second kappa shape index (κ2) is 4.13. The molecule has 1 aromatic carbocycles. The number of pyridine rings is 1. The molecule has 0 aliphatic carbocycles. The minimum Gasteiger partial charge on any atom is -0.504 e. The first-order chi connectivity index (χ1) is 9.15. The van der Waals surface area contributed by atoms with Gasteiger partial charge >= 0.3 is 0 Å². The Balaban J connectivity index is 2.25. The molecule has 0 fully saturated rings. The summed E-state index contributed by atoms with van der Waals surface area (Å²) in [5.74, 6) is -0.224. The van der Waals surface area contributed by atoms with E-state index in [1.54, 1.807) is 18.2 Å². The van der Waals surface area contributed by atoms with Gasteiger partial charge in [0.05, 0.1) is 5.39 Å². The predicted octanol–water partition coefficient (Wildman–Crippen LogP) is 2.27. The van der Waals surface area contributed by atoms with Crippen molar-refractivity contribution in [3.05, 3.63) is 52.8 Å². The number of hydrogen-bond donors (Lipinski definition) is 2. The lowest BCUT2D eigenvalue weighted by atomic mass is 10.1. The molecule has 5 nitrogen and oxygen atoms in total. The molecule has 0 unspecified atom stereocenters. The molecule has 0 aliphatic heterocycles. The van der Waals surface area contributed by atoms with E-state index in [1.165, 1.54) is 24.4 Å². The lowest BCUT2D eigenvalue weighted by Gasteiger charge is -2.04. The standard InChI is InChI=1S/C14H9NO4/c16-10-4-3-8(6-12(10)18)13-7-11(17)9-2-1-5-15-14(9)19-13/h1-7,16,18H. The first-order valence-electron chi connectivity index (χ1n) is 5.56. The molecule has 0 saturated heterocycles. The van der Waals surface area contributed by atoms with Crippen molar-refractivity contribution in [1.82, 2.24) is 4.98 Å². The first-order valence-corrected chi connectivity index (χ1v) is 5.56. The van der Waals surface area contributed by atoms with Crippen LogP contribution in [0.3, 0.4) is 0 Å². The van der Waals surface area contributed by atoms with Crippen LogP contribution in [-0.4, -0.2) is 15.2 Å². The summed E-state index contributed by atoms with van der Waals surface area (Å²) >= 11 is 0. The summed E-state index contributed by atoms with van der Waals surface area (Å²) in [7, 11) is 0. The van der Waals surface area contributed by atoms with Gasteiger partial charge in [0.25, 0.3) is 0 Å². The molecule has 0 spiro atoms. The second-order valence-electron chi connectivity index (χ2n) is 4.03. The fraction of sp³-hybridized carbons (Fsp3) is 0. The molecule has 0 atom stereocenters. The van der Waals surface area contributed by atoms with E-state index in [-0.39, 0.29) is 28.4 Å². The molecule has 0 amide bonds. The van der Waals surface area contributed by atoms with Crippen molar-refractivity contribution in [2.75, 3.05) is 0 Å². The molecule has 3 aromatic rings. The largest absolute Gasteiger partial charge is 0.504 e. The summed E-state index contributed by atoms with van der Waals surface area (Å²) < 4.78 is 5.52. The van der Waals surface area contributed by atoms with E-state index in [0.717, 1.165) is 0 Å². The van der Waals surface area contributed by atoms with E-state index in [9.17, 15) is 15.0 Å². The van der Waals surface area contributed by atoms with Crippen molar-refractivity contribution < 1.29 is 14.6 Å². The molecule has 2 heterocycles. The minimum atomic E-state index is -0.277. The van der Waals surface area contributed by atoms with Crippen molar-refractivity contribution in [2.45, 2.75) is 0 Å². The molecule has 3 rings (SSSR count). The Hall–Kier alpha value is -2.82. The average Bonchev–Trinajstić information content (AvgIpc) is 2.42. The van der Waals surface area contributed by atoms with E-state index in [4.69, 9.17) is 4.42 Å². The fourth-order valence-electron chi connectivity index (χ4n) is 1.81. The molecule has 0 aliphatic rings. The van der Waals surface area contributed by atoms with E-state index in [0.29, 0.717) is 10.9 Å². The van der Waals surface area contributed by atoms with E-state index >= 15 is 0 Å². The van der Waals surface area contributed by atoms with E-state index in [2.05, 4.69) is 4.98 Å². The van der Waals surface area contributed by atoms with Crippen molar-refractivity contribution in [3.8, 4) is 22.8 Å². The monoisotopic (exact) mass is 255 g/mol. The van der Waals surface area contributed by atoms with Gasteiger partial charge in [-0.05, 0) is 30.3 Å². The maximum absolute atomic E-state index is 11.9. The molecular formula is C14H9NO4. The third kappa shape index (κ3) is 1.91. The summed E-state index contributed by atoms with van der Waals surface area (Å²) in [6.45, 7) is 0. The number of fused-ring (bicyclic) bond motifs is 1. The Morgan fingerprint density at radius 3 is 2.68 bits per heavy atom. The Kier molecular flexibility index (Phi) is 2.45. The van der Waals surface area contributed by atoms with Gasteiger partial charge in [0, 0.05) is 17.8 Å². The zero-order valence-corrected chi connectivity index (χ0v) is 9.70. The van der Waals surface area contributed by atoms with E-state index < -0.39 is 0 Å². The number of hydrogen-bond acceptors (Lipinski definition) is 5. The average molecular weight is 255 g/mol. The molecule has 0 saturated carbocycles. The quantitative estimate of drug-likeness (QED) is 0.651. The normalized spacial score (nSPS) is 10.7. The maximum Gasteiger partial charge on any atom is 0.230 e. The summed E-state index contributed by atoms with van der Waals surface area (Å²) in [6, 6.07) is 8.81. The van der Waals surface area contributed by atoms with Gasteiger partial charge in [-0.15, -0.1) is 0 Å². The van der Waals surface area contributed by atoms with Gasteiger partial charge in [-0.2, -0.15) is 0 Å². The maximum atomic E-state index is 11.9. The first kappa shape index (κ1) is 11.3. The number of phenolic OH excluding ortho intramolecular Hbond substituents is 2. The molecule has 19 heavy (non-hydrogen) atoms. The smallest absolute Gasteiger partial charge is 0.230 e. The number of aromatic hydroxyl groups is 2. The van der Waals surface area contributed by atoms with E-state index in [1.807, 2.05) is 0 Å².